The SMILES string of the molecule is O=CC/C=C\CCCCCCCC(=O)OCC(=O)c1ccc(Br)cc1. The molecule has 0 atom stereocenters. The zero-order valence-corrected chi connectivity index (χ0v) is 16.0. The number of aldehydes is 1. The van der Waals surface area contributed by atoms with E-state index >= 15 is 0 Å². The Balaban J connectivity index is 2.02. The van der Waals surface area contributed by atoms with Gasteiger partial charge in [-0.3, -0.25) is 9.59 Å². The highest BCUT2D eigenvalue weighted by atomic mass is 79.9. The van der Waals surface area contributed by atoms with E-state index < -0.39 is 0 Å². The number of carbonyl (C=O) groups excluding carboxylic acids is 3. The van der Waals surface area contributed by atoms with Crippen LogP contribution in [-0.2, 0) is 14.3 Å². The Morgan fingerprint density at radius 2 is 1.64 bits per heavy atom. The van der Waals surface area contributed by atoms with Crippen LogP contribution in [0.4, 0.5) is 0 Å². The van der Waals surface area contributed by atoms with E-state index in [1.807, 2.05) is 12.2 Å². The van der Waals surface area contributed by atoms with Crippen molar-refractivity contribution >= 4 is 34.0 Å². The molecule has 0 heterocycles. The predicted octanol–water partition coefficient (Wildman–Crippen LogP) is 5.05. The summed E-state index contributed by atoms with van der Waals surface area (Å²) in [4.78, 5) is 33.7. The van der Waals surface area contributed by atoms with Gasteiger partial charge in [0.2, 0.25) is 0 Å². The summed E-state index contributed by atoms with van der Waals surface area (Å²) in [5, 5.41) is 0. The van der Waals surface area contributed by atoms with E-state index in [0.717, 1.165) is 49.3 Å². The molecule has 0 bridgehead atoms. The molecular weight excluding hydrogens is 384 g/mol. The van der Waals surface area contributed by atoms with Gasteiger partial charge in [-0.1, -0.05) is 59.5 Å². The van der Waals surface area contributed by atoms with Crippen LogP contribution in [0.15, 0.2) is 40.9 Å². The molecule has 0 unspecified atom stereocenters. The summed E-state index contributed by atoms with van der Waals surface area (Å²) in [7, 11) is 0. The van der Waals surface area contributed by atoms with E-state index in [9.17, 15) is 14.4 Å². The lowest BCUT2D eigenvalue weighted by molar-refractivity contribution is -0.142. The summed E-state index contributed by atoms with van der Waals surface area (Å²) in [6.07, 6.45) is 11.7. The molecule has 4 nitrogen and oxygen atoms in total. The van der Waals surface area contributed by atoms with Gasteiger partial charge in [-0.15, -0.1) is 0 Å². The monoisotopic (exact) mass is 408 g/mol. The Labute approximate surface area is 157 Å². The standard InChI is InChI=1S/C20H25BrO4/c21-18-13-11-17(12-14-18)19(23)16-25-20(24)10-8-6-4-2-1-3-5-7-9-15-22/h5,7,11-15H,1-4,6,8-10,16H2/b7-5-. The topological polar surface area (TPSA) is 60.4 Å². The lowest BCUT2D eigenvalue weighted by atomic mass is 10.1. The van der Waals surface area contributed by atoms with Crippen LogP contribution in [0, 0.1) is 0 Å². The van der Waals surface area contributed by atoms with Crippen molar-refractivity contribution in [3.05, 3.63) is 46.5 Å². The first-order valence-corrected chi connectivity index (χ1v) is 9.46. The lowest BCUT2D eigenvalue weighted by Crippen LogP contribution is -2.13. The second-order valence-corrected chi connectivity index (χ2v) is 6.69. The van der Waals surface area contributed by atoms with Crippen molar-refractivity contribution in [3.8, 4) is 0 Å². The molecule has 0 fully saturated rings. The van der Waals surface area contributed by atoms with E-state index in [0.29, 0.717) is 18.4 Å². The summed E-state index contributed by atoms with van der Waals surface area (Å²) in [5.74, 6) is -0.509. The van der Waals surface area contributed by atoms with Gasteiger partial charge in [0, 0.05) is 22.9 Å². The number of halogens is 1. The normalized spacial score (nSPS) is 10.8. The first-order chi connectivity index (χ1) is 12.1. The molecule has 0 aromatic heterocycles. The van der Waals surface area contributed by atoms with Gasteiger partial charge in [0.15, 0.2) is 12.4 Å². The summed E-state index contributed by atoms with van der Waals surface area (Å²) < 4.78 is 5.93. The first-order valence-electron chi connectivity index (χ1n) is 8.66. The molecule has 5 heteroatoms. The maximum absolute atomic E-state index is 11.9. The molecule has 0 saturated heterocycles. The molecule has 25 heavy (non-hydrogen) atoms. The van der Waals surface area contributed by atoms with Crippen molar-refractivity contribution in [2.45, 2.75) is 51.4 Å². The van der Waals surface area contributed by atoms with E-state index in [2.05, 4.69) is 15.9 Å². The molecule has 1 aromatic rings. The zero-order valence-electron chi connectivity index (χ0n) is 14.4. The van der Waals surface area contributed by atoms with Crippen LogP contribution in [0.25, 0.3) is 0 Å². The summed E-state index contributed by atoms with van der Waals surface area (Å²) in [5.41, 5.74) is 0.540. The largest absolute Gasteiger partial charge is 0.457 e. The highest BCUT2D eigenvalue weighted by Gasteiger charge is 2.09. The van der Waals surface area contributed by atoms with E-state index in [1.165, 1.54) is 0 Å². The number of hydrogen-bond acceptors (Lipinski definition) is 4. The Bertz CT molecular complexity index is 564. The molecule has 0 aliphatic carbocycles. The van der Waals surface area contributed by atoms with Gasteiger partial charge in [-0.2, -0.15) is 0 Å². The van der Waals surface area contributed by atoms with Crippen LogP contribution in [0.5, 0.6) is 0 Å². The van der Waals surface area contributed by atoms with Gasteiger partial charge in [-0.25, -0.2) is 0 Å². The summed E-state index contributed by atoms with van der Waals surface area (Å²) in [6.45, 7) is -0.201. The molecule has 0 saturated carbocycles. The Morgan fingerprint density at radius 1 is 0.960 bits per heavy atom. The number of rotatable bonds is 13. The van der Waals surface area contributed by atoms with Gasteiger partial charge >= 0.3 is 5.97 Å². The number of allylic oxidation sites excluding steroid dienone is 2. The molecule has 0 amide bonds. The van der Waals surface area contributed by atoms with Crippen molar-refractivity contribution in [3.63, 3.8) is 0 Å². The van der Waals surface area contributed by atoms with Gasteiger partial charge in [0.05, 0.1) is 0 Å². The number of esters is 1. The minimum atomic E-state index is -0.317. The lowest BCUT2D eigenvalue weighted by Gasteiger charge is -2.05. The highest BCUT2D eigenvalue weighted by molar-refractivity contribution is 9.10. The smallest absolute Gasteiger partial charge is 0.306 e. The number of benzene rings is 1. The van der Waals surface area contributed by atoms with Gasteiger partial charge in [-0.05, 0) is 31.4 Å². The van der Waals surface area contributed by atoms with Crippen molar-refractivity contribution < 1.29 is 19.1 Å². The van der Waals surface area contributed by atoms with E-state index in [-0.39, 0.29) is 18.4 Å². The second kappa shape index (κ2) is 13.5. The molecule has 0 radical (unpaired) electrons. The molecule has 0 aliphatic rings. The average molecular weight is 409 g/mol. The molecule has 1 aromatic carbocycles. The van der Waals surface area contributed by atoms with Crippen LogP contribution in [0.3, 0.4) is 0 Å². The van der Waals surface area contributed by atoms with Crippen LogP contribution in [0.2, 0.25) is 0 Å². The minimum Gasteiger partial charge on any atom is -0.457 e. The maximum Gasteiger partial charge on any atom is 0.306 e. The third-order valence-corrected chi connectivity index (χ3v) is 4.21. The number of carbonyl (C=O) groups is 3. The summed E-state index contributed by atoms with van der Waals surface area (Å²) >= 11 is 3.31. The van der Waals surface area contributed by atoms with Crippen LogP contribution in [0.1, 0.15) is 61.7 Å². The van der Waals surface area contributed by atoms with Crippen molar-refractivity contribution in [1.82, 2.24) is 0 Å². The van der Waals surface area contributed by atoms with Gasteiger partial charge in [0.1, 0.15) is 6.29 Å². The fourth-order valence-corrected chi connectivity index (χ4v) is 2.53. The fourth-order valence-electron chi connectivity index (χ4n) is 2.27. The molecule has 1 rings (SSSR count). The minimum absolute atomic E-state index is 0.191. The molecule has 0 N–H and O–H groups in total. The number of unbranched alkanes of at least 4 members (excludes halogenated alkanes) is 5. The number of hydrogen-bond donors (Lipinski definition) is 0. The molecule has 0 aliphatic heterocycles. The van der Waals surface area contributed by atoms with Crippen molar-refractivity contribution in [2.24, 2.45) is 0 Å². The summed E-state index contributed by atoms with van der Waals surface area (Å²) in [6, 6.07) is 6.98. The fraction of sp³-hybridized carbons (Fsp3) is 0.450. The number of ether oxygens (including phenoxy) is 1. The van der Waals surface area contributed by atoms with Crippen LogP contribution >= 0.6 is 15.9 Å². The number of ketones is 1. The highest BCUT2D eigenvalue weighted by Crippen LogP contribution is 2.12. The Hall–Kier alpha value is -1.75. The van der Waals surface area contributed by atoms with Gasteiger partial charge < -0.3 is 9.53 Å². The first kappa shape index (κ1) is 21.3. The van der Waals surface area contributed by atoms with Crippen LogP contribution in [-0.4, -0.2) is 24.6 Å². The second-order valence-electron chi connectivity index (χ2n) is 5.77. The third-order valence-electron chi connectivity index (χ3n) is 3.68. The van der Waals surface area contributed by atoms with Crippen molar-refractivity contribution in [1.29, 1.82) is 0 Å². The Morgan fingerprint density at radius 3 is 2.36 bits per heavy atom. The maximum atomic E-state index is 11.9. The molecule has 0 spiro atoms. The van der Waals surface area contributed by atoms with E-state index in [1.54, 1.807) is 24.3 Å². The predicted molar refractivity (Wildman–Crippen MR) is 102 cm³/mol. The zero-order chi connectivity index (χ0) is 18.3. The van der Waals surface area contributed by atoms with Crippen molar-refractivity contribution in [2.75, 3.05) is 6.61 Å². The van der Waals surface area contributed by atoms with Crippen LogP contribution < -0.4 is 0 Å². The third kappa shape index (κ3) is 10.7. The molecule has 136 valence electrons. The number of Topliss-reactive ketones (excluding diaryl/α,β-unsaturated/α-hetero) is 1. The van der Waals surface area contributed by atoms with E-state index in [4.69, 9.17) is 4.74 Å². The Kier molecular flexibility index (Phi) is 11.5. The quantitative estimate of drug-likeness (QED) is 0.150. The van der Waals surface area contributed by atoms with Gasteiger partial charge in [0.25, 0.3) is 0 Å². The molecular formula is C20H25BrO4. The average Bonchev–Trinajstić information content (AvgIpc) is 2.62.